The van der Waals surface area contributed by atoms with Crippen molar-refractivity contribution < 1.29 is 9.59 Å². The van der Waals surface area contributed by atoms with Crippen molar-refractivity contribution in [1.82, 2.24) is 9.88 Å². The van der Waals surface area contributed by atoms with Gasteiger partial charge in [-0.25, -0.2) is 4.98 Å². The number of carbonyl (C=O) groups excluding carboxylic acids is 2. The van der Waals surface area contributed by atoms with E-state index < -0.39 is 5.25 Å². The normalized spacial score (nSPS) is 17.2. The van der Waals surface area contributed by atoms with Crippen LogP contribution >= 0.6 is 23.1 Å². The topological polar surface area (TPSA) is 74.7 Å². The molecule has 8 heteroatoms. The number of aryl methyl sites for hydroxylation is 1. The Labute approximate surface area is 195 Å². The lowest BCUT2D eigenvalue weighted by Gasteiger charge is -2.13. The van der Waals surface area contributed by atoms with Gasteiger partial charge in [0.25, 0.3) is 0 Å². The molecule has 1 fully saturated rings. The summed E-state index contributed by atoms with van der Waals surface area (Å²) < 4.78 is 0. The number of hydrogen-bond acceptors (Lipinski definition) is 6. The van der Waals surface area contributed by atoms with Crippen LogP contribution < -0.4 is 5.32 Å². The largest absolute Gasteiger partial charge is 0.326 e. The molecular formula is C24H24N4O2S2. The zero-order valence-corrected chi connectivity index (χ0v) is 19.6. The molecule has 1 N–H and O–H groups in total. The molecule has 1 aliphatic heterocycles. The Balaban J connectivity index is 1.44. The average Bonchev–Trinajstić information content (AvgIpc) is 3.39. The minimum atomic E-state index is -0.489. The van der Waals surface area contributed by atoms with Crippen LogP contribution in [0, 0.1) is 0 Å². The van der Waals surface area contributed by atoms with E-state index in [1.807, 2.05) is 66.9 Å². The minimum Gasteiger partial charge on any atom is -0.326 e. The lowest BCUT2D eigenvalue weighted by atomic mass is 10.1. The molecule has 0 aliphatic carbocycles. The van der Waals surface area contributed by atoms with Gasteiger partial charge in [0.05, 0.1) is 5.69 Å². The van der Waals surface area contributed by atoms with Crippen molar-refractivity contribution in [2.24, 2.45) is 4.99 Å². The molecule has 0 radical (unpaired) electrons. The van der Waals surface area contributed by atoms with Crippen molar-refractivity contribution in [3.63, 3.8) is 0 Å². The number of nitrogens with one attached hydrogen (secondary N) is 1. The Morgan fingerprint density at radius 1 is 1.12 bits per heavy atom. The van der Waals surface area contributed by atoms with Crippen LogP contribution in [0.25, 0.3) is 11.3 Å². The first kappa shape index (κ1) is 22.2. The van der Waals surface area contributed by atoms with E-state index >= 15 is 0 Å². The second kappa shape index (κ2) is 10.1. The van der Waals surface area contributed by atoms with Crippen LogP contribution in [0.5, 0.6) is 0 Å². The molecular weight excluding hydrogens is 440 g/mol. The molecule has 4 rings (SSSR count). The van der Waals surface area contributed by atoms with Crippen LogP contribution in [-0.4, -0.2) is 38.7 Å². The smallest absolute Gasteiger partial charge is 0.242 e. The number of thioether (sulfide) groups is 1. The summed E-state index contributed by atoms with van der Waals surface area (Å²) in [5, 5.41) is 5.55. The van der Waals surface area contributed by atoms with E-state index in [9.17, 15) is 9.59 Å². The zero-order chi connectivity index (χ0) is 22.5. The molecule has 1 saturated heterocycles. The van der Waals surface area contributed by atoms with Crippen molar-refractivity contribution in [3.8, 4) is 11.3 Å². The third-order valence-corrected chi connectivity index (χ3v) is 7.02. The fourth-order valence-corrected chi connectivity index (χ4v) is 5.32. The predicted octanol–water partition coefficient (Wildman–Crippen LogP) is 5.35. The van der Waals surface area contributed by atoms with E-state index in [-0.39, 0.29) is 18.2 Å². The number of rotatable bonds is 7. The van der Waals surface area contributed by atoms with Gasteiger partial charge in [0.15, 0.2) is 5.17 Å². The summed E-state index contributed by atoms with van der Waals surface area (Å²) in [4.78, 5) is 36.3. The number of hydrogen-bond donors (Lipinski definition) is 1. The minimum absolute atomic E-state index is 0.0902. The first-order valence-corrected chi connectivity index (χ1v) is 12.3. The fraction of sp³-hybridized carbons (Fsp3) is 0.250. The first-order chi connectivity index (χ1) is 15.6. The number of thiazole rings is 1. The van der Waals surface area contributed by atoms with E-state index in [2.05, 4.69) is 22.2 Å². The SMILES string of the molecule is CCc1ccc(NC(=O)CC2S/C(=N/c3nc(-c4ccccc4)cs3)N(CC)C2=O)cc1. The molecule has 2 aromatic carbocycles. The molecule has 0 bridgehead atoms. The molecule has 164 valence electrons. The van der Waals surface area contributed by atoms with Crippen LogP contribution in [0.4, 0.5) is 10.8 Å². The fourth-order valence-electron chi connectivity index (χ4n) is 3.36. The van der Waals surface area contributed by atoms with E-state index in [0.29, 0.717) is 16.8 Å². The van der Waals surface area contributed by atoms with Gasteiger partial charge in [0.1, 0.15) is 5.25 Å². The van der Waals surface area contributed by atoms with Gasteiger partial charge < -0.3 is 5.32 Å². The first-order valence-electron chi connectivity index (χ1n) is 10.5. The van der Waals surface area contributed by atoms with E-state index in [1.54, 1.807) is 4.90 Å². The van der Waals surface area contributed by atoms with Gasteiger partial charge >= 0.3 is 0 Å². The molecule has 1 aromatic heterocycles. The number of nitrogens with zero attached hydrogens (tertiary/aromatic N) is 3. The van der Waals surface area contributed by atoms with Crippen LogP contribution in [0.2, 0.25) is 0 Å². The van der Waals surface area contributed by atoms with Gasteiger partial charge in [0, 0.05) is 29.6 Å². The lowest BCUT2D eigenvalue weighted by molar-refractivity contribution is -0.128. The van der Waals surface area contributed by atoms with E-state index in [0.717, 1.165) is 23.4 Å². The van der Waals surface area contributed by atoms with Crippen molar-refractivity contribution in [2.45, 2.75) is 31.9 Å². The van der Waals surface area contributed by atoms with Gasteiger partial charge in [-0.3, -0.25) is 14.5 Å². The lowest BCUT2D eigenvalue weighted by Crippen LogP contribution is -2.33. The highest BCUT2D eigenvalue weighted by Crippen LogP contribution is 2.33. The molecule has 2 heterocycles. The highest BCUT2D eigenvalue weighted by molar-refractivity contribution is 8.15. The highest BCUT2D eigenvalue weighted by atomic mass is 32.2. The van der Waals surface area contributed by atoms with Crippen LogP contribution in [0.3, 0.4) is 0 Å². The monoisotopic (exact) mass is 464 g/mol. The third-order valence-electron chi connectivity index (χ3n) is 5.11. The molecule has 6 nitrogen and oxygen atoms in total. The maximum Gasteiger partial charge on any atom is 0.242 e. The number of benzene rings is 2. The van der Waals surface area contributed by atoms with E-state index in [1.165, 1.54) is 28.7 Å². The van der Waals surface area contributed by atoms with E-state index in [4.69, 9.17) is 0 Å². The zero-order valence-electron chi connectivity index (χ0n) is 17.9. The Bertz CT molecular complexity index is 1130. The summed E-state index contributed by atoms with van der Waals surface area (Å²) in [7, 11) is 0. The maximum atomic E-state index is 12.9. The van der Waals surface area contributed by atoms with Gasteiger partial charge in [-0.1, -0.05) is 61.2 Å². The van der Waals surface area contributed by atoms with Crippen molar-refractivity contribution >= 4 is 50.9 Å². The Morgan fingerprint density at radius 2 is 1.88 bits per heavy atom. The quantitative estimate of drug-likeness (QED) is 0.511. The van der Waals surface area contributed by atoms with Gasteiger partial charge in [0.2, 0.25) is 16.9 Å². The molecule has 1 aliphatic rings. The van der Waals surface area contributed by atoms with Gasteiger partial charge in [-0.05, 0) is 31.0 Å². The molecule has 1 unspecified atom stereocenters. The standard InChI is InChI=1S/C24H24N4O2S2/c1-3-16-10-12-18(13-11-16)25-21(29)14-20-22(30)28(4-2)24(32-20)27-23-26-19(15-31-23)17-8-6-5-7-9-17/h5-13,15,20H,3-4,14H2,1-2H3,(H,25,29)/b27-24+. The van der Waals surface area contributed by atoms with Crippen LogP contribution in [-0.2, 0) is 16.0 Å². The van der Waals surface area contributed by atoms with Crippen molar-refractivity contribution in [1.29, 1.82) is 0 Å². The summed E-state index contributed by atoms with van der Waals surface area (Å²) >= 11 is 2.76. The molecule has 2 amide bonds. The molecule has 1 atom stereocenters. The van der Waals surface area contributed by atoms with Crippen molar-refractivity contribution in [3.05, 3.63) is 65.5 Å². The molecule has 0 spiro atoms. The number of carbonyl (C=O) groups is 2. The number of amides is 2. The Kier molecular flexibility index (Phi) is 7.02. The van der Waals surface area contributed by atoms with Crippen LogP contribution in [0.15, 0.2) is 65.0 Å². The van der Waals surface area contributed by atoms with Gasteiger partial charge in [-0.2, -0.15) is 4.99 Å². The Morgan fingerprint density at radius 3 is 2.56 bits per heavy atom. The summed E-state index contributed by atoms with van der Waals surface area (Å²) in [6.45, 7) is 4.49. The Hall–Kier alpha value is -2.97. The molecule has 32 heavy (non-hydrogen) atoms. The number of anilines is 1. The third kappa shape index (κ3) is 5.08. The summed E-state index contributed by atoms with van der Waals surface area (Å²) in [6.07, 6.45) is 1.05. The maximum absolute atomic E-state index is 12.9. The number of aliphatic imine (C=N–C) groups is 1. The predicted molar refractivity (Wildman–Crippen MR) is 132 cm³/mol. The summed E-state index contributed by atoms with van der Waals surface area (Å²) in [5.41, 5.74) is 3.83. The second-order valence-corrected chi connectivity index (χ2v) is 9.27. The summed E-state index contributed by atoms with van der Waals surface area (Å²) in [6, 6.07) is 17.7. The average molecular weight is 465 g/mol. The number of aromatic nitrogens is 1. The second-order valence-electron chi connectivity index (χ2n) is 7.27. The highest BCUT2D eigenvalue weighted by Gasteiger charge is 2.38. The molecule has 3 aromatic rings. The van der Waals surface area contributed by atoms with Crippen LogP contribution in [0.1, 0.15) is 25.8 Å². The number of amidine groups is 1. The molecule has 0 saturated carbocycles. The van der Waals surface area contributed by atoms with Crippen molar-refractivity contribution in [2.75, 3.05) is 11.9 Å². The summed E-state index contributed by atoms with van der Waals surface area (Å²) in [5.74, 6) is -0.273. The van der Waals surface area contributed by atoms with Gasteiger partial charge in [-0.15, -0.1) is 11.3 Å².